The molecule has 1 aliphatic rings. The van der Waals surface area contributed by atoms with E-state index < -0.39 is 14.2 Å². The maximum atomic E-state index is 11.3. The fourth-order valence-electron chi connectivity index (χ4n) is 3.99. The summed E-state index contributed by atoms with van der Waals surface area (Å²) < 4.78 is 14.2. The minimum absolute atomic E-state index is 0.387. The third-order valence-corrected chi connectivity index (χ3v) is 7.53. The number of rotatable bonds is 7. The van der Waals surface area contributed by atoms with Crippen molar-refractivity contribution in [2.24, 2.45) is 0 Å². The minimum atomic E-state index is -1.12. The first kappa shape index (κ1) is 22.4. The standard InChI is InChI=1S/C24H31N3O4Si/c1-17-14-27(16-30-11-12-32(2,3)4)23-22(17)21(7-9-25-23)31-20-6-5-18-8-10-26(24(28)29)15-19(18)13-20/h5-7,9,13-14H,8,10-12,15-16H2,1-4H3,(H,28,29). The van der Waals surface area contributed by atoms with E-state index in [1.807, 2.05) is 35.8 Å². The zero-order chi connectivity index (χ0) is 22.9. The summed E-state index contributed by atoms with van der Waals surface area (Å²) in [5, 5.41) is 10.3. The number of ether oxygens (including phenoxy) is 2. The van der Waals surface area contributed by atoms with Crippen LogP contribution in [0.5, 0.6) is 11.5 Å². The molecule has 0 aliphatic carbocycles. The number of hydrogen-bond donors (Lipinski definition) is 1. The summed E-state index contributed by atoms with van der Waals surface area (Å²) in [6.45, 7) is 11.2. The van der Waals surface area contributed by atoms with Gasteiger partial charge in [0.1, 0.15) is 23.9 Å². The van der Waals surface area contributed by atoms with Gasteiger partial charge in [0.2, 0.25) is 0 Å². The predicted molar refractivity (Wildman–Crippen MR) is 127 cm³/mol. The lowest BCUT2D eigenvalue weighted by molar-refractivity contribution is 0.0898. The Hall–Kier alpha value is -2.84. The largest absolute Gasteiger partial charge is 0.465 e. The second kappa shape index (κ2) is 8.95. The molecular formula is C24H31N3O4Si. The molecule has 0 saturated carbocycles. The molecule has 7 nitrogen and oxygen atoms in total. The highest BCUT2D eigenvalue weighted by atomic mass is 28.3. The lowest BCUT2D eigenvalue weighted by atomic mass is 10.00. The van der Waals surface area contributed by atoms with Crippen LogP contribution in [-0.4, -0.2) is 46.9 Å². The van der Waals surface area contributed by atoms with E-state index in [-0.39, 0.29) is 0 Å². The summed E-state index contributed by atoms with van der Waals surface area (Å²) in [6, 6.07) is 8.93. The van der Waals surface area contributed by atoms with E-state index in [0.717, 1.165) is 47.0 Å². The van der Waals surface area contributed by atoms with Crippen molar-refractivity contribution in [1.29, 1.82) is 0 Å². The van der Waals surface area contributed by atoms with Crippen molar-refractivity contribution in [3.8, 4) is 11.5 Å². The highest BCUT2D eigenvalue weighted by Gasteiger charge is 2.21. The topological polar surface area (TPSA) is 76.8 Å². The third-order valence-electron chi connectivity index (χ3n) is 5.82. The Morgan fingerprint density at radius 1 is 1.22 bits per heavy atom. The Balaban J connectivity index is 1.54. The van der Waals surface area contributed by atoms with Gasteiger partial charge in [-0.2, -0.15) is 0 Å². The van der Waals surface area contributed by atoms with E-state index in [1.165, 1.54) is 10.5 Å². The molecule has 4 rings (SSSR count). The molecule has 0 unspecified atom stereocenters. The Kier molecular flexibility index (Phi) is 6.26. The van der Waals surface area contributed by atoms with Gasteiger partial charge in [0, 0.05) is 40.2 Å². The lowest BCUT2D eigenvalue weighted by Crippen LogP contribution is -2.34. The van der Waals surface area contributed by atoms with Crippen LogP contribution in [0.25, 0.3) is 11.0 Å². The van der Waals surface area contributed by atoms with Crippen LogP contribution in [0.1, 0.15) is 16.7 Å². The average molecular weight is 454 g/mol. The summed E-state index contributed by atoms with van der Waals surface area (Å²) in [7, 11) is -1.12. The number of pyridine rings is 1. The molecule has 0 saturated heterocycles. The first-order chi connectivity index (χ1) is 15.2. The molecule has 1 aromatic carbocycles. The van der Waals surface area contributed by atoms with Gasteiger partial charge in [0.05, 0.1) is 5.39 Å². The molecule has 0 radical (unpaired) electrons. The zero-order valence-electron chi connectivity index (χ0n) is 19.2. The number of fused-ring (bicyclic) bond motifs is 2. The summed E-state index contributed by atoms with van der Waals surface area (Å²) in [5.74, 6) is 1.43. The minimum Gasteiger partial charge on any atom is -0.465 e. The molecule has 0 fully saturated rings. The van der Waals surface area contributed by atoms with Crippen molar-refractivity contribution in [3.63, 3.8) is 0 Å². The molecule has 0 bridgehead atoms. The SMILES string of the molecule is Cc1cn(COCC[Si](C)(C)C)c2nccc(Oc3ccc4c(c3)CN(C(=O)O)CC4)c12. The number of carbonyl (C=O) groups is 1. The molecule has 1 amide bonds. The van der Waals surface area contributed by atoms with Crippen LogP contribution in [0.15, 0.2) is 36.7 Å². The maximum Gasteiger partial charge on any atom is 0.407 e. The van der Waals surface area contributed by atoms with Crippen molar-refractivity contribution < 1.29 is 19.4 Å². The second-order valence-corrected chi connectivity index (χ2v) is 15.2. The molecule has 3 aromatic rings. The Labute approximate surface area is 189 Å². The molecule has 1 N–H and O–H groups in total. The molecule has 0 spiro atoms. The van der Waals surface area contributed by atoms with Crippen LogP contribution < -0.4 is 4.74 Å². The second-order valence-electron chi connectivity index (χ2n) is 9.62. The normalized spacial score (nSPS) is 13.9. The summed E-state index contributed by atoms with van der Waals surface area (Å²) in [5.41, 5.74) is 4.08. The van der Waals surface area contributed by atoms with Crippen molar-refractivity contribution in [2.45, 2.75) is 52.3 Å². The van der Waals surface area contributed by atoms with Gasteiger partial charge in [-0.25, -0.2) is 9.78 Å². The number of nitrogens with zero attached hydrogens (tertiary/aromatic N) is 3. The Bertz CT molecular complexity index is 1140. The zero-order valence-corrected chi connectivity index (χ0v) is 20.2. The number of amides is 1. The Morgan fingerprint density at radius 2 is 2.03 bits per heavy atom. The first-order valence-electron chi connectivity index (χ1n) is 11.0. The van der Waals surface area contributed by atoms with Gasteiger partial charge in [0.15, 0.2) is 0 Å². The molecule has 3 heterocycles. The smallest absolute Gasteiger partial charge is 0.407 e. The fourth-order valence-corrected chi connectivity index (χ4v) is 4.75. The van der Waals surface area contributed by atoms with Crippen LogP contribution in [0.2, 0.25) is 25.7 Å². The van der Waals surface area contributed by atoms with Crippen LogP contribution in [-0.2, 0) is 24.4 Å². The molecular weight excluding hydrogens is 422 g/mol. The van der Waals surface area contributed by atoms with Gasteiger partial charge >= 0.3 is 6.09 Å². The molecule has 1 aliphatic heterocycles. The van der Waals surface area contributed by atoms with Crippen molar-refractivity contribution in [2.75, 3.05) is 13.2 Å². The number of aromatic nitrogens is 2. The molecule has 170 valence electrons. The molecule has 2 aromatic heterocycles. The van der Waals surface area contributed by atoms with Gasteiger partial charge < -0.3 is 24.0 Å². The predicted octanol–water partition coefficient (Wildman–Crippen LogP) is 5.49. The number of aryl methyl sites for hydroxylation is 1. The lowest BCUT2D eigenvalue weighted by Gasteiger charge is -2.26. The molecule has 8 heteroatoms. The van der Waals surface area contributed by atoms with Gasteiger partial charge in [0.25, 0.3) is 0 Å². The van der Waals surface area contributed by atoms with Crippen molar-refractivity contribution >= 4 is 25.2 Å². The van der Waals surface area contributed by atoms with Crippen molar-refractivity contribution in [3.05, 3.63) is 53.3 Å². The summed E-state index contributed by atoms with van der Waals surface area (Å²) in [4.78, 5) is 17.4. The van der Waals surface area contributed by atoms with E-state index in [2.05, 4.69) is 30.8 Å². The van der Waals surface area contributed by atoms with E-state index in [0.29, 0.717) is 25.6 Å². The molecule has 0 atom stereocenters. The van der Waals surface area contributed by atoms with Crippen LogP contribution in [0.4, 0.5) is 4.79 Å². The van der Waals surface area contributed by atoms with Gasteiger partial charge in [-0.1, -0.05) is 25.7 Å². The van der Waals surface area contributed by atoms with E-state index in [9.17, 15) is 9.90 Å². The summed E-state index contributed by atoms with van der Waals surface area (Å²) in [6.07, 6.45) is 3.64. The van der Waals surface area contributed by atoms with Gasteiger partial charge in [-0.15, -0.1) is 0 Å². The Morgan fingerprint density at radius 3 is 2.78 bits per heavy atom. The van der Waals surface area contributed by atoms with E-state index >= 15 is 0 Å². The van der Waals surface area contributed by atoms with Gasteiger partial charge in [-0.05, 0) is 54.3 Å². The van der Waals surface area contributed by atoms with Crippen LogP contribution >= 0.6 is 0 Å². The van der Waals surface area contributed by atoms with E-state index in [4.69, 9.17) is 9.47 Å². The van der Waals surface area contributed by atoms with E-state index in [1.54, 1.807) is 6.20 Å². The first-order valence-corrected chi connectivity index (χ1v) is 14.7. The van der Waals surface area contributed by atoms with Crippen LogP contribution in [0.3, 0.4) is 0 Å². The van der Waals surface area contributed by atoms with Gasteiger partial charge in [-0.3, -0.25) is 0 Å². The highest BCUT2D eigenvalue weighted by Crippen LogP contribution is 2.34. The monoisotopic (exact) mass is 453 g/mol. The number of hydrogen-bond acceptors (Lipinski definition) is 4. The quantitative estimate of drug-likeness (QED) is 0.378. The fraction of sp³-hybridized carbons (Fsp3) is 0.417. The third kappa shape index (κ3) is 4.97. The van der Waals surface area contributed by atoms with Crippen LogP contribution in [0, 0.1) is 6.92 Å². The highest BCUT2D eigenvalue weighted by molar-refractivity contribution is 6.76. The van der Waals surface area contributed by atoms with Crippen molar-refractivity contribution in [1.82, 2.24) is 14.5 Å². The summed E-state index contributed by atoms with van der Waals surface area (Å²) >= 11 is 0. The average Bonchev–Trinajstić information content (AvgIpc) is 3.06. The maximum absolute atomic E-state index is 11.3. The number of benzene rings is 1. The number of carboxylic acid groups (broad SMARTS) is 1. The molecule has 32 heavy (non-hydrogen) atoms.